The number of para-hydroxylation sites is 3. The highest BCUT2D eigenvalue weighted by molar-refractivity contribution is 6.12. The summed E-state index contributed by atoms with van der Waals surface area (Å²) in [4.78, 5) is 10.5. The molecule has 3 heteroatoms. The normalized spacial score (nSPS) is 14.7. The highest BCUT2D eigenvalue weighted by Crippen LogP contribution is 2.54. The van der Waals surface area contributed by atoms with E-state index < -0.39 is 5.41 Å². The highest BCUT2D eigenvalue weighted by atomic mass is 15.0. The molecule has 2 aromatic heterocycles. The maximum atomic E-state index is 5.27. The number of benzene rings is 8. The average molecular weight is 688 g/mol. The number of aromatic nitrogens is 3. The summed E-state index contributed by atoms with van der Waals surface area (Å²) in [5.41, 5.74) is 13.0. The van der Waals surface area contributed by atoms with Crippen LogP contribution in [-0.2, 0) is 5.41 Å². The Hall–Kier alpha value is -7.10. The highest BCUT2D eigenvalue weighted by Gasteiger charge is 2.45. The van der Waals surface area contributed by atoms with Crippen LogP contribution in [0, 0.1) is 0 Å². The molecule has 3 nitrogen and oxygen atoms in total. The maximum absolute atomic E-state index is 5.27. The SMILES string of the molecule is c1ccc(-c2cc(-c3cccc4ccccc34)nc(-c3ccc(C4(c5ccccc5)c5ccccc5-n5c6ccccc6c6cccc4c65)cc3)n2)cc1. The Morgan fingerprint density at radius 1 is 0.407 bits per heavy atom. The molecule has 1 unspecified atom stereocenters. The van der Waals surface area contributed by atoms with Crippen LogP contribution in [-0.4, -0.2) is 14.5 Å². The Balaban J connectivity index is 1.15. The van der Waals surface area contributed by atoms with E-state index in [0.717, 1.165) is 28.1 Å². The predicted molar refractivity (Wildman–Crippen MR) is 222 cm³/mol. The molecular formula is C51H33N3. The fraction of sp³-hybridized carbons (Fsp3) is 0.0196. The van der Waals surface area contributed by atoms with Crippen molar-refractivity contribution in [1.82, 2.24) is 14.5 Å². The van der Waals surface area contributed by atoms with Crippen molar-refractivity contribution in [3.8, 4) is 39.6 Å². The Bertz CT molecular complexity index is 3030. The largest absolute Gasteiger partial charge is 0.309 e. The van der Waals surface area contributed by atoms with Crippen molar-refractivity contribution in [3.63, 3.8) is 0 Å². The Kier molecular flexibility index (Phi) is 6.77. The van der Waals surface area contributed by atoms with Crippen LogP contribution >= 0.6 is 0 Å². The van der Waals surface area contributed by atoms with Crippen molar-refractivity contribution in [2.45, 2.75) is 5.41 Å². The molecule has 3 heterocycles. The van der Waals surface area contributed by atoms with Crippen LogP contribution in [0.2, 0.25) is 0 Å². The topological polar surface area (TPSA) is 30.7 Å². The van der Waals surface area contributed by atoms with Gasteiger partial charge in [-0.05, 0) is 51.2 Å². The third-order valence-corrected chi connectivity index (χ3v) is 11.3. The van der Waals surface area contributed by atoms with Gasteiger partial charge in [0.25, 0.3) is 0 Å². The third-order valence-electron chi connectivity index (χ3n) is 11.3. The van der Waals surface area contributed by atoms with Gasteiger partial charge in [0.15, 0.2) is 5.82 Å². The van der Waals surface area contributed by atoms with Gasteiger partial charge in [-0.1, -0.05) is 182 Å². The van der Waals surface area contributed by atoms with Gasteiger partial charge in [-0.25, -0.2) is 9.97 Å². The minimum atomic E-state index is -0.568. The van der Waals surface area contributed by atoms with E-state index in [1.165, 1.54) is 60.5 Å². The summed E-state index contributed by atoms with van der Waals surface area (Å²) in [5, 5.41) is 4.89. The second-order valence-electron chi connectivity index (χ2n) is 14.1. The molecule has 1 aliphatic heterocycles. The molecule has 0 saturated heterocycles. The Morgan fingerprint density at radius 2 is 1.02 bits per heavy atom. The molecule has 0 aliphatic carbocycles. The van der Waals surface area contributed by atoms with Gasteiger partial charge in [-0.15, -0.1) is 0 Å². The molecule has 252 valence electrons. The first-order chi connectivity index (χ1) is 26.8. The number of nitrogens with zero attached hydrogens (tertiary/aromatic N) is 3. The average Bonchev–Trinajstić information content (AvgIpc) is 3.60. The van der Waals surface area contributed by atoms with Gasteiger partial charge in [-0.3, -0.25) is 0 Å². The minimum absolute atomic E-state index is 0.568. The van der Waals surface area contributed by atoms with Crippen molar-refractivity contribution in [1.29, 1.82) is 0 Å². The van der Waals surface area contributed by atoms with Crippen molar-refractivity contribution < 1.29 is 0 Å². The molecule has 0 radical (unpaired) electrons. The lowest BCUT2D eigenvalue weighted by Gasteiger charge is -2.41. The molecule has 8 aromatic carbocycles. The van der Waals surface area contributed by atoms with Crippen LogP contribution in [0.1, 0.15) is 22.3 Å². The standard InChI is InChI=1S/C51H33N3/c1-3-16-35(17-4-1)45-33-46(40-23-13-18-34-15-7-8-21-39(34)40)53-50(52-45)36-29-31-38(32-30-36)51(37-19-5-2-6-20-37)43-25-10-12-28-48(43)54-47-27-11-9-22-41(47)42-24-14-26-44(51)49(42)54/h1-33H. The summed E-state index contributed by atoms with van der Waals surface area (Å²) in [7, 11) is 0. The molecule has 0 fully saturated rings. The van der Waals surface area contributed by atoms with Gasteiger partial charge in [0, 0.05) is 27.5 Å². The lowest BCUT2D eigenvalue weighted by Crippen LogP contribution is -2.35. The van der Waals surface area contributed by atoms with Gasteiger partial charge in [0.1, 0.15) is 0 Å². The van der Waals surface area contributed by atoms with E-state index in [1.807, 2.05) is 6.07 Å². The molecule has 10 aromatic rings. The second kappa shape index (κ2) is 12.0. The predicted octanol–water partition coefficient (Wildman–Crippen LogP) is 12.4. The number of hydrogen-bond acceptors (Lipinski definition) is 2. The van der Waals surface area contributed by atoms with E-state index in [0.29, 0.717) is 5.82 Å². The molecular weight excluding hydrogens is 655 g/mol. The minimum Gasteiger partial charge on any atom is -0.309 e. The summed E-state index contributed by atoms with van der Waals surface area (Å²) in [6.45, 7) is 0. The van der Waals surface area contributed by atoms with Crippen LogP contribution in [0.3, 0.4) is 0 Å². The van der Waals surface area contributed by atoms with Crippen molar-refractivity contribution in [2.75, 3.05) is 0 Å². The molecule has 0 amide bonds. The van der Waals surface area contributed by atoms with Crippen LogP contribution in [0.25, 0.3) is 72.2 Å². The van der Waals surface area contributed by atoms with E-state index in [9.17, 15) is 0 Å². The zero-order valence-corrected chi connectivity index (χ0v) is 29.4. The van der Waals surface area contributed by atoms with Crippen molar-refractivity contribution in [3.05, 3.63) is 222 Å². The summed E-state index contributed by atoms with van der Waals surface area (Å²) in [5.74, 6) is 0.700. The molecule has 0 saturated carbocycles. The molecule has 1 atom stereocenters. The van der Waals surface area contributed by atoms with Crippen molar-refractivity contribution >= 4 is 32.6 Å². The van der Waals surface area contributed by atoms with Crippen LogP contribution < -0.4 is 0 Å². The van der Waals surface area contributed by atoms with Crippen LogP contribution in [0.5, 0.6) is 0 Å². The number of rotatable bonds is 5. The second-order valence-corrected chi connectivity index (χ2v) is 14.1. The van der Waals surface area contributed by atoms with Crippen LogP contribution in [0.4, 0.5) is 0 Å². The summed E-state index contributed by atoms with van der Waals surface area (Å²) < 4.78 is 2.47. The molecule has 1 aliphatic rings. The summed E-state index contributed by atoms with van der Waals surface area (Å²) in [6, 6.07) is 72.0. The first-order valence-electron chi connectivity index (χ1n) is 18.5. The van der Waals surface area contributed by atoms with E-state index in [-0.39, 0.29) is 0 Å². The first kappa shape index (κ1) is 30.5. The first-order valence-corrected chi connectivity index (χ1v) is 18.5. The lowest BCUT2D eigenvalue weighted by atomic mass is 9.63. The molecule has 0 spiro atoms. The van der Waals surface area contributed by atoms with Gasteiger partial charge in [0.2, 0.25) is 0 Å². The molecule has 54 heavy (non-hydrogen) atoms. The van der Waals surface area contributed by atoms with Gasteiger partial charge >= 0.3 is 0 Å². The van der Waals surface area contributed by atoms with Gasteiger partial charge in [0.05, 0.1) is 33.5 Å². The van der Waals surface area contributed by atoms with E-state index in [4.69, 9.17) is 9.97 Å². The smallest absolute Gasteiger partial charge is 0.160 e. The fourth-order valence-electron chi connectivity index (χ4n) is 8.97. The van der Waals surface area contributed by atoms with E-state index in [1.54, 1.807) is 0 Å². The summed E-state index contributed by atoms with van der Waals surface area (Å²) >= 11 is 0. The number of hydrogen-bond donors (Lipinski definition) is 0. The molecule has 11 rings (SSSR count). The van der Waals surface area contributed by atoms with Crippen molar-refractivity contribution in [2.24, 2.45) is 0 Å². The summed E-state index contributed by atoms with van der Waals surface area (Å²) in [6.07, 6.45) is 0. The zero-order chi connectivity index (χ0) is 35.6. The Labute approximate surface area is 313 Å². The van der Waals surface area contributed by atoms with E-state index in [2.05, 4.69) is 199 Å². The van der Waals surface area contributed by atoms with E-state index >= 15 is 0 Å². The number of fused-ring (bicyclic) bond motifs is 6. The monoisotopic (exact) mass is 687 g/mol. The maximum Gasteiger partial charge on any atom is 0.160 e. The third kappa shape index (κ3) is 4.42. The molecule has 0 bridgehead atoms. The van der Waals surface area contributed by atoms with Gasteiger partial charge in [-0.2, -0.15) is 0 Å². The van der Waals surface area contributed by atoms with Crippen LogP contribution in [0.15, 0.2) is 200 Å². The lowest BCUT2D eigenvalue weighted by molar-refractivity contribution is 0.728. The Morgan fingerprint density at radius 3 is 1.87 bits per heavy atom. The zero-order valence-electron chi connectivity index (χ0n) is 29.4. The van der Waals surface area contributed by atoms with Gasteiger partial charge < -0.3 is 4.57 Å². The fourth-order valence-corrected chi connectivity index (χ4v) is 8.97. The molecule has 0 N–H and O–H groups in total. The quantitative estimate of drug-likeness (QED) is 0.180.